The number of furan rings is 1. The third-order valence-corrected chi connectivity index (χ3v) is 5.98. The Morgan fingerprint density at radius 1 is 1.11 bits per heavy atom. The smallest absolute Gasteiger partial charge is 0.289 e. The average Bonchev–Trinajstić information content (AvgIpc) is 3.18. The molecular weight excluding hydrogens is 366 g/mol. The van der Waals surface area contributed by atoms with E-state index in [0.29, 0.717) is 45.0 Å². The number of amides is 1. The first-order chi connectivity index (χ1) is 12.9. The van der Waals surface area contributed by atoms with Crippen molar-refractivity contribution >= 4 is 15.9 Å². The molecule has 1 aliphatic heterocycles. The number of carbonyl (C=O) groups is 1. The Balaban J connectivity index is 1.39. The quantitative estimate of drug-likeness (QED) is 0.773. The van der Waals surface area contributed by atoms with Gasteiger partial charge in [0.15, 0.2) is 5.76 Å². The SMILES string of the molecule is Cc1ccc(CS(=O)(=O)NCCN2CCN(C(=O)c3ccco3)CC2)cc1. The molecular formula is C19H25N3O4S. The zero-order valence-corrected chi connectivity index (χ0v) is 16.2. The number of hydrogen-bond acceptors (Lipinski definition) is 5. The second kappa shape index (κ2) is 8.69. The van der Waals surface area contributed by atoms with Crippen LogP contribution in [0.2, 0.25) is 0 Å². The first-order valence-corrected chi connectivity index (χ1v) is 10.7. The maximum atomic E-state index is 12.2. The van der Waals surface area contributed by atoms with E-state index in [4.69, 9.17) is 4.42 Å². The van der Waals surface area contributed by atoms with Crippen LogP contribution in [0.4, 0.5) is 0 Å². The monoisotopic (exact) mass is 391 g/mol. The van der Waals surface area contributed by atoms with Crippen molar-refractivity contribution in [2.45, 2.75) is 12.7 Å². The van der Waals surface area contributed by atoms with Gasteiger partial charge in [0.1, 0.15) is 0 Å². The molecule has 1 amide bonds. The molecule has 0 bridgehead atoms. The molecule has 1 aromatic carbocycles. The van der Waals surface area contributed by atoms with Gasteiger partial charge in [0.25, 0.3) is 5.91 Å². The molecule has 1 aliphatic rings. The second-order valence-electron chi connectivity index (χ2n) is 6.75. The molecule has 27 heavy (non-hydrogen) atoms. The Morgan fingerprint density at radius 3 is 2.44 bits per heavy atom. The number of sulfonamides is 1. The van der Waals surface area contributed by atoms with Crippen LogP contribution in [0.5, 0.6) is 0 Å². The summed E-state index contributed by atoms with van der Waals surface area (Å²) in [4.78, 5) is 16.1. The Morgan fingerprint density at radius 2 is 1.81 bits per heavy atom. The number of benzene rings is 1. The Kier molecular flexibility index (Phi) is 6.30. The van der Waals surface area contributed by atoms with Gasteiger partial charge in [-0.1, -0.05) is 29.8 Å². The standard InChI is InChI=1S/C19H25N3O4S/c1-16-4-6-17(7-5-16)15-27(24,25)20-8-9-21-10-12-22(13-11-21)19(23)18-3-2-14-26-18/h2-7,14,20H,8-13,15H2,1H3. The topological polar surface area (TPSA) is 82.9 Å². The van der Waals surface area contributed by atoms with Gasteiger partial charge >= 0.3 is 0 Å². The molecule has 0 aliphatic carbocycles. The van der Waals surface area contributed by atoms with Crippen LogP contribution in [-0.2, 0) is 15.8 Å². The van der Waals surface area contributed by atoms with Crippen molar-refractivity contribution in [1.82, 2.24) is 14.5 Å². The summed E-state index contributed by atoms with van der Waals surface area (Å²) >= 11 is 0. The van der Waals surface area contributed by atoms with E-state index in [1.807, 2.05) is 31.2 Å². The first kappa shape index (κ1) is 19.6. The fraction of sp³-hybridized carbons (Fsp3) is 0.421. The van der Waals surface area contributed by atoms with E-state index >= 15 is 0 Å². The highest BCUT2D eigenvalue weighted by molar-refractivity contribution is 7.88. The number of carbonyl (C=O) groups excluding carboxylic acids is 1. The highest BCUT2D eigenvalue weighted by Crippen LogP contribution is 2.10. The van der Waals surface area contributed by atoms with Crippen molar-refractivity contribution in [3.8, 4) is 0 Å². The molecule has 3 rings (SSSR count). The van der Waals surface area contributed by atoms with Gasteiger partial charge in [-0.25, -0.2) is 13.1 Å². The molecule has 146 valence electrons. The Labute approximate surface area is 160 Å². The molecule has 0 unspecified atom stereocenters. The van der Waals surface area contributed by atoms with Crippen LogP contribution in [-0.4, -0.2) is 63.4 Å². The molecule has 1 fully saturated rings. The van der Waals surface area contributed by atoms with Gasteiger partial charge < -0.3 is 9.32 Å². The van der Waals surface area contributed by atoms with Crippen LogP contribution in [0.25, 0.3) is 0 Å². The van der Waals surface area contributed by atoms with Crippen LogP contribution >= 0.6 is 0 Å². The minimum absolute atomic E-state index is 0.0152. The van der Waals surface area contributed by atoms with Crippen molar-refractivity contribution in [2.24, 2.45) is 0 Å². The van der Waals surface area contributed by atoms with E-state index in [-0.39, 0.29) is 11.7 Å². The van der Waals surface area contributed by atoms with Gasteiger partial charge in [-0.15, -0.1) is 0 Å². The number of nitrogens with one attached hydrogen (secondary N) is 1. The summed E-state index contributed by atoms with van der Waals surface area (Å²) in [5.41, 5.74) is 1.88. The van der Waals surface area contributed by atoms with E-state index in [1.165, 1.54) is 6.26 Å². The molecule has 0 atom stereocenters. The molecule has 2 aromatic rings. The van der Waals surface area contributed by atoms with Crippen LogP contribution < -0.4 is 4.72 Å². The minimum Gasteiger partial charge on any atom is -0.459 e. The predicted octanol–water partition coefficient (Wildman–Crippen LogP) is 1.47. The summed E-state index contributed by atoms with van der Waals surface area (Å²) in [6.45, 7) is 5.60. The summed E-state index contributed by atoms with van der Waals surface area (Å²) in [5, 5.41) is 0. The fourth-order valence-corrected chi connectivity index (χ4v) is 4.18. The van der Waals surface area contributed by atoms with Gasteiger partial charge in [-0.3, -0.25) is 9.69 Å². The lowest BCUT2D eigenvalue weighted by Gasteiger charge is -2.34. The largest absolute Gasteiger partial charge is 0.459 e. The van der Waals surface area contributed by atoms with E-state index in [1.54, 1.807) is 17.0 Å². The normalized spacial score (nSPS) is 15.8. The van der Waals surface area contributed by atoms with Crippen LogP contribution in [0.1, 0.15) is 21.7 Å². The van der Waals surface area contributed by atoms with Gasteiger partial charge in [0, 0.05) is 39.3 Å². The Bertz CT molecular complexity index is 840. The maximum Gasteiger partial charge on any atom is 0.289 e. The average molecular weight is 391 g/mol. The number of nitrogens with zero attached hydrogens (tertiary/aromatic N) is 2. The zero-order chi connectivity index (χ0) is 19.3. The zero-order valence-electron chi connectivity index (χ0n) is 15.4. The highest BCUT2D eigenvalue weighted by atomic mass is 32.2. The molecule has 7 nitrogen and oxygen atoms in total. The third-order valence-electron chi connectivity index (χ3n) is 4.62. The van der Waals surface area contributed by atoms with E-state index in [0.717, 1.165) is 11.1 Å². The molecule has 0 saturated carbocycles. The van der Waals surface area contributed by atoms with Crippen molar-refractivity contribution < 1.29 is 17.6 Å². The summed E-state index contributed by atoms with van der Waals surface area (Å²) in [6.07, 6.45) is 1.49. The van der Waals surface area contributed by atoms with Crippen molar-refractivity contribution in [1.29, 1.82) is 0 Å². The number of rotatable bonds is 7. The molecule has 8 heteroatoms. The van der Waals surface area contributed by atoms with Gasteiger partial charge in [-0.2, -0.15) is 0 Å². The number of piperazine rings is 1. The lowest BCUT2D eigenvalue weighted by molar-refractivity contribution is 0.0609. The lowest BCUT2D eigenvalue weighted by atomic mass is 10.2. The number of hydrogen-bond donors (Lipinski definition) is 1. The van der Waals surface area contributed by atoms with E-state index < -0.39 is 10.0 Å². The summed E-state index contributed by atoms with van der Waals surface area (Å²) in [5.74, 6) is 0.240. The molecule has 0 radical (unpaired) electrons. The second-order valence-corrected chi connectivity index (χ2v) is 8.56. The molecule has 2 heterocycles. The first-order valence-electron chi connectivity index (χ1n) is 9.01. The summed E-state index contributed by atoms with van der Waals surface area (Å²) in [7, 11) is -3.36. The van der Waals surface area contributed by atoms with Gasteiger partial charge in [0.05, 0.1) is 12.0 Å². The molecule has 1 saturated heterocycles. The molecule has 1 N–H and O–H groups in total. The van der Waals surface area contributed by atoms with E-state index in [2.05, 4.69) is 9.62 Å². The highest BCUT2D eigenvalue weighted by Gasteiger charge is 2.23. The number of aryl methyl sites for hydroxylation is 1. The van der Waals surface area contributed by atoms with Crippen LogP contribution in [0, 0.1) is 6.92 Å². The van der Waals surface area contributed by atoms with Gasteiger partial charge in [0.2, 0.25) is 10.0 Å². The fourth-order valence-electron chi connectivity index (χ4n) is 3.04. The van der Waals surface area contributed by atoms with E-state index in [9.17, 15) is 13.2 Å². The maximum absolute atomic E-state index is 12.2. The Hall–Kier alpha value is -2.16. The van der Waals surface area contributed by atoms with Crippen molar-refractivity contribution in [3.05, 3.63) is 59.5 Å². The summed E-state index contributed by atoms with van der Waals surface area (Å²) < 4.78 is 32.2. The summed E-state index contributed by atoms with van der Waals surface area (Å²) in [6, 6.07) is 10.9. The molecule has 0 spiro atoms. The predicted molar refractivity (Wildman–Crippen MR) is 103 cm³/mol. The molecule has 1 aromatic heterocycles. The van der Waals surface area contributed by atoms with Gasteiger partial charge in [-0.05, 0) is 24.6 Å². The van der Waals surface area contributed by atoms with Crippen LogP contribution in [0.3, 0.4) is 0 Å². The lowest BCUT2D eigenvalue weighted by Crippen LogP contribution is -2.50. The minimum atomic E-state index is -3.36. The van der Waals surface area contributed by atoms with Crippen LogP contribution in [0.15, 0.2) is 47.1 Å². The van der Waals surface area contributed by atoms with Crippen molar-refractivity contribution in [3.63, 3.8) is 0 Å². The van der Waals surface area contributed by atoms with Crippen molar-refractivity contribution in [2.75, 3.05) is 39.3 Å². The third kappa shape index (κ3) is 5.66.